The lowest BCUT2D eigenvalue weighted by atomic mass is 10.0. The fourth-order valence-corrected chi connectivity index (χ4v) is 7.86. The van der Waals surface area contributed by atoms with E-state index in [2.05, 4.69) is 79.9 Å². The number of rotatable bonds is 47. The van der Waals surface area contributed by atoms with Crippen molar-refractivity contribution >= 4 is 5.91 Å². The quantitative estimate of drug-likeness (QED) is 0.0423. The third-order valence-electron chi connectivity index (χ3n) is 11.8. The molecule has 0 aliphatic heterocycles. The lowest BCUT2D eigenvalue weighted by Crippen LogP contribution is -2.45. The summed E-state index contributed by atoms with van der Waals surface area (Å²) in [6, 6.07) is -0.558. The molecule has 0 aromatic heterocycles. The molecular weight excluding hydrogens is 723 g/mol. The molecule has 0 aliphatic carbocycles. The molecule has 0 rings (SSSR count). The summed E-state index contributed by atoms with van der Waals surface area (Å²) in [5.74, 6) is -0.0617. The van der Waals surface area contributed by atoms with Crippen LogP contribution < -0.4 is 5.32 Å². The van der Waals surface area contributed by atoms with Crippen molar-refractivity contribution in [3.05, 3.63) is 60.8 Å². The van der Waals surface area contributed by atoms with E-state index in [0.29, 0.717) is 12.8 Å². The molecule has 0 aromatic carbocycles. The minimum atomic E-state index is -0.677. The fourth-order valence-electron chi connectivity index (χ4n) is 7.86. The Morgan fingerprint density at radius 1 is 0.424 bits per heavy atom. The predicted octanol–water partition coefficient (Wildman–Crippen LogP) is 16.9. The summed E-state index contributed by atoms with van der Waals surface area (Å²) in [7, 11) is 0. The van der Waals surface area contributed by atoms with Crippen LogP contribution in [0.25, 0.3) is 0 Å². The number of hydrogen-bond donors (Lipinski definition) is 3. The summed E-state index contributed by atoms with van der Waals surface area (Å²) in [4.78, 5) is 12.4. The van der Waals surface area contributed by atoms with Crippen molar-refractivity contribution in [1.29, 1.82) is 0 Å². The fraction of sp³-hybridized carbons (Fsp3) is 0.800. The maximum absolute atomic E-state index is 12.4. The van der Waals surface area contributed by atoms with Gasteiger partial charge in [0.2, 0.25) is 5.91 Å². The maximum Gasteiger partial charge on any atom is 0.220 e. The molecule has 0 saturated carbocycles. The summed E-state index contributed by atoms with van der Waals surface area (Å²) < 4.78 is 0. The van der Waals surface area contributed by atoms with E-state index in [4.69, 9.17) is 0 Å². The second-order valence-corrected chi connectivity index (χ2v) is 17.6. The second-order valence-electron chi connectivity index (χ2n) is 17.6. The van der Waals surface area contributed by atoms with Gasteiger partial charge in [0.1, 0.15) is 0 Å². The van der Waals surface area contributed by atoms with E-state index in [9.17, 15) is 15.0 Å². The van der Waals surface area contributed by atoms with E-state index in [1.54, 1.807) is 0 Å². The molecule has 3 N–H and O–H groups in total. The molecule has 4 heteroatoms. The lowest BCUT2D eigenvalue weighted by Gasteiger charge is -2.22. The Labute approximate surface area is 368 Å². The van der Waals surface area contributed by atoms with Gasteiger partial charge in [0.15, 0.2) is 0 Å². The predicted molar refractivity (Wildman–Crippen MR) is 262 cm³/mol. The normalized spacial score (nSPS) is 13.4. The smallest absolute Gasteiger partial charge is 0.220 e. The highest BCUT2D eigenvalue weighted by molar-refractivity contribution is 5.76. The molecule has 0 spiro atoms. The van der Waals surface area contributed by atoms with Crippen LogP contribution in [0.2, 0.25) is 0 Å². The highest BCUT2D eigenvalue weighted by Gasteiger charge is 2.20. The zero-order valence-corrected chi connectivity index (χ0v) is 39.5. The Balaban J connectivity index is 3.51. The van der Waals surface area contributed by atoms with Gasteiger partial charge in [-0.15, -0.1) is 0 Å². The molecule has 344 valence electrons. The molecule has 0 saturated heterocycles. The van der Waals surface area contributed by atoms with Crippen LogP contribution in [0.15, 0.2) is 60.8 Å². The van der Waals surface area contributed by atoms with E-state index in [0.717, 1.165) is 70.6 Å². The first-order valence-corrected chi connectivity index (χ1v) is 26.0. The number of carbonyl (C=O) groups excluding carboxylic acids is 1. The molecule has 4 nitrogen and oxygen atoms in total. The van der Waals surface area contributed by atoms with Gasteiger partial charge >= 0.3 is 0 Å². The first kappa shape index (κ1) is 57.1. The Hall–Kier alpha value is -1.91. The highest BCUT2D eigenvalue weighted by Crippen LogP contribution is 2.17. The SMILES string of the molecule is CC/C=C\C/C=C\C/C=C\C/C=C\C/C=C\CCCCCC(=O)NC(CO)C(O)CCCCCCCCCCCCCCCCCCCCCCCCCCCCCC. The van der Waals surface area contributed by atoms with Crippen LogP contribution in [-0.4, -0.2) is 34.9 Å². The molecule has 0 bridgehead atoms. The van der Waals surface area contributed by atoms with E-state index < -0.39 is 12.1 Å². The van der Waals surface area contributed by atoms with Gasteiger partial charge in [-0.1, -0.05) is 261 Å². The van der Waals surface area contributed by atoms with E-state index in [-0.39, 0.29) is 12.5 Å². The minimum absolute atomic E-state index is 0.0617. The molecule has 0 radical (unpaired) electrons. The number of amides is 1. The summed E-state index contributed by atoms with van der Waals surface area (Å²) in [5, 5.41) is 23.3. The molecule has 0 aliphatic rings. The average Bonchev–Trinajstić information content (AvgIpc) is 3.24. The van der Waals surface area contributed by atoms with E-state index in [1.807, 2.05) is 0 Å². The number of hydrogen-bond acceptors (Lipinski definition) is 3. The summed E-state index contributed by atoms with van der Waals surface area (Å²) in [6.45, 7) is 4.25. The molecule has 0 heterocycles. The molecular formula is C55H101NO3. The van der Waals surface area contributed by atoms with Crippen LogP contribution in [-0.2, 0) is 4.79 Å². The van der Waals surface area contributed by atoms with Crippen LogP contribution in [0.5, 0.6) is 0 Å². The van der Waals surface area contributed by atoms with Crippen LogP contribution in [0.1, 0.15) is 264 Å². The van der Waals surface area contributed by atoms with E-state index in [1.165, 1.54) is 167 Å². The number of aliphatic hydroxyl groups excluding tert-OH is 2. The number of aliphatic hydroxyl groups is 2. The van der Waals surface area contributed by atoms with Crippen LogP contribution >= 0.6 is 0 Å². The van der Waals surface area contributed by atoms with Gasteiger partial charge in [0.25, 0.3) is 0 Å². The summed E-state index contributed by atoms with van der Waals surface area (Å²) >= 11 is 0. The first-order chi connectivity index (χ1) is 29.2. The van der Waals surface area contributed by atoms with Crippen molar-refractivity contribution in [2.24, 2.45) is 0 Å². The molecule has 0 aromatic rings. The number of unbranched alkanes of at least 4 members (excludes halogenated alkanes) is 30. The lowest BCUT2D eigenvalue weighted by molar-refractivity contribution is -0.123. The first-order valence-electron chi connectivity index (χ1n) is 26.0. The van der Waals surface area contributed by atoms with Crippen molar-refractivity contribution in [2.45, 2.75) is 276 Å². The molecule has 1 amide bonds. The number of allylic oxidation sites excluding steroid dienone is 10. The molecule has 59 heavy (non-hydrogen) atoms. The Bertz CT molecular complexity index is 981. The van der Waals surface area contributed by atoms with Crippen LogP contribution in [0.4, 0.5) is 0 Å². The van der Waals surface area contributed by atoms with Crippen molar-refractivity contribution in [2.75, 3.05) is 6.61 Å². The minimum Gasteiger partial charge on any atom is -0.394 e. The standard InChI is InChI=1S/C55H101NO3/c1-3-5-7-9-11-13-15-17-19-21-23-24-25-26-27-28-29-30-31-33-34-36-38-40-42-44-46-48-50-54(58)53(52-57)56-55(59)51-49-47-45-43-41-39-37-35-32-22-20-18-16-14-12-10-8-6-4-2/h6,8,12,14,18,20,32,35,39,41,53-54,57-58H,3-5,7,9-11,13,15-17,19,21-31,33-34,36-38,40,42-52H2,1-2H3,(H,56,59)/b8-6-,14-12-,20-18-,35-32-,41-39-. The largest absolute Gasteiger partial charge is 0.394 e. The molecule has 0 fully saturated rings. The molecule has 2 unspecified atom stereocenters. The van der Waals surface area contributed by atoms with Gasteiger partial charge in [-0.05, 0) is 57.8 Å². The van der Waals surface area contributed by atoms with Gasteiger partial charge in [-0.25, -0.2) is 0 Å². The summed E-state index contributed by atoms with van der Waals surface area (Å²) in [6.07, 6.45) is 70.5. The van der Waals surface area contributed by atoms with Gasteiger partial charge in [-0.3, -0.25) is 4.79 Å². The molecule has 2 atom stereocenters. The topological polar surface area (TPSA) is 69.6 Å². The van der Waals surface area contributed by atoms with Gasteiger partial charge < -0.3 is 15.5 Å². The van der Waals surface area contributed by atoms with Crippen molar-refractivity contribution in [3.8, 4) is 0 Å². The number of nitrogens with one attached hydrogen (secondary N) is 1. The number of carbonyl (C=O) groups is 1. The monoisotopic (exact) mass is 824 g/mol. The highest BCUT2D eigenvalue weighted by atomic mass is 16.3. The third-order valence-corrected chi connectivity index (χ3v) is 11.8. The van der Waals surface area contributed by atoms with Gasteiger partial charge in [0, 0.05) is 6.42 Å². The van der Waals surface area contributed by atoms with Crippen molar-refractivity contribution in [3.63, 3.8) is 0 Å². The zero-order valence-electron chi connectivity index (χ0n) is 39.5. The Morgan fingerprint density at radius 2 is 0.746 bits per heavy atom. The van der Waals surface area contributed by atoms with E-state index >= 15 is 0 Å². The average molecular weight is 824 g/mol. The van der Waals surface area contributed by atoms with Crippen molar-refractivity contribution in [1.82, 2.24) is 5.32 Å². The van der Waals surface area contributed by atoms with Gasteiger partial charge in [0.05, 0.1) is 18.8 Å². The maximum atomic E-state index is 12.4. The van der Waals surface area contributed by atoms with Crippen LogP contribution in [0.3, 0.4) is 0 Å². The van der Waals surface area contributed by atoms with Gasteiger partial charge in [-0.2, -0.15) is 0 Å². The Morgan fingerprint density at radius 3 is 1.10 bits per heavy atom. The summed E-state index contributed by atoms with van der Waals surface area (Å²) in [5.41, 5.74) is 0. The van der Waals surface area contributed by atoms with Crippen LogP contribution in [0, 0.1) is 0 Å². The third kappa shape index (κ3) is 47.0. The van der Waals surface area contributed by atoms with Crippen molar-refractivity contribution < 1.29 is 15.0 Å². The second kappa shape index (κ2) is 50.4. The zero-order chi connectivity index (χ0) is 42.8. The Kier molecular flexibility index (Phi) is 48.8.